The molecule has 0 saturated carbocycles. The molecule has 1 N–H and O–H groups in total. The molecule has 1 heterocycles. The van der Waals surface area contributed by atoms with Crippen LogP contribution >= 0.6 is 11.6 Å². The van der Waals surface area contributed by atoms with Crippen LogP contribution in [0.1, 0.15) is 32.2 Å². The third kappa shape index (κ3) is 2.98. The highest BCUT2D eigenvalue weighted by atomic mass is 35.5. The van der Waals surface area contributed by atoms with E-state index in [1.165, 1.54) is 0 Å². The molecule has 2 atom stereocenters. The monoisotopic (exact) mass is 243 g/mol. The number of halogens is 1. The standard InChI is InChI=1S/C12H22ClN3/c1-6-14-9(3)8(2)7-11-12(13)10(4)15-16(11)5/h8-9,14H,6-7H2,1-5H3. The van der Waals surface area contributed by atoms with Gasteiger partial charge in [-0.05, 0) is 32.7 Å². The van der Waals surface area contributed by atoms with Crippen molar-refractivity contribution in [1.82, 2.24) is 15.1 Å². The van der Waals surface area contributed by atoms with E-state index in [-0.39, 0.29) is 0 Å². The normalized spacial score (nSPS) is 15.1. The van der Waals surface area contributed by atoms with Crippen LogP contribution in [0.5, 0.6) is 0 Å². The van der Waals surface area contributed by atoms with E-state index in [0.717, 1.165) is 29.4 Å². The molecule has 92 valence electrons. The van der Waals surface area contributed by atoms with Gasteiger partial charge in [0, 0.05) is 13.1 Å². The summed E-state index contributed by atoms with van der Waals surface area (Å²) in [6.45, 7) is 9.54. The van der Waals surface area contributed by atoms with Crippen molar-refractivity contribution < 1.29 is 0 Å². The van der Waals surface area contributed by atoms with Crippen LogP contribution in [0.15, 0.2) is 0 Å². The Labute approximate surface area is 103 Å². The van der Waals surface area contributed by atoms with Crippen LogP contribution < -0.4 is 5.32 Å². The van der Waals surface area contributed by atoms with Gasteiger partial charge in [0.2, 0.25) is 0 Å². The lowest BCUT2D eigenvalue weighted by atomic mass is 9.97. The zero-order valence-corrected chi connectivity index (χ0v) is 11.6. The molecule has 3 nitrogen and oxygen atoms in total. The summed E-state index contributed by atoms with van der Waals surface area (Å²) in [6.07, 6.45) is 0.963. The van der Waals surface area contributed by atoms with Gasteiger partial charge in [-0.1, -0.05) is 25.4 Å². The van der Waals surface area contributed by atoms with Gasteiger partial charge in [-0.15, -0.1) is 0 Å². The number of nitrogens with zero attached hydrogens (tertiary/aromatic N) is 2. The molecule has 0 aliphatic heterocycles. The minimum atomic E-state index is 0.497. The molecule has 0 aliphatic rings. The van der Waals surface area contributed by atoms with Gasteiger partial charge in [-0.25, -0.2) is 0 Å². The van der Waals surface area contributed by atoms with E-state index in [0.29, 0.717) is 12.0 Å². The number of nitrogens with one attached hydrogen (secondary N) is 1. The van der Waals surface area contributed by atoms with Gasteiger partial charge >= 0.3 is 0 Å². The zero-order chi connectivity index (χ0) is 12.3. The number of aryl methyl sites for hydroxylation is 2. The molecule has 0 aromatic carbocycles. The Morgan fingerprint density at radius 3 is 2.50 bits per heavy atom. The first kappa shape index (κ1) is 13.5. The van der Waals surface area contributed by atoms with Crippen molar-refractivity contribution in [2.45, 2.75) is 40.2 Å². The first-order chi connectivity index (χ1) is 7.47. The first-order valence-electron chi connectivity index (χ1n) is 5.88. The van der Waals surface area contributed by atoms with Gasteiger partial charge in [0.25, 0.3) is 0 Å². The lowest BCUT2D eigenvalue weighted by molar-refractivity contribution is 0.398. The summed E-state index contributed by atoms with van der Waals surface area (Å²) in [5.74, 6) is 0.548. The van der Waals surface area contributed by atoms with Crippen molar-refractivity contribution in [2.24, 2.45) is 13.0 Å². The molecule has 1 rings (SSSR count). The van der Waals surface area contributed by atoms with Crippen LogP contribution in [0.3, 0.4) is 0 Å². The Hall–Kier alpha value is -0.540. The average Bonchev–Trinajstić information content (AvgIpc) is 2.45. The van der Waals surface area contributed by atoms with E-state index in [4.69, 9.17) is 11.6 Å². The Bertz CT molecular complexity index is 346. The smallest absolute Gasteiger partial charge is 0.0847 e. The van der Waals surface area contributed by atoms with Gasteiger partial charge in [0.1, 0.15) is 0 Å². The fourth-order valence-electron chi connectivity index (χ4n) is 1.91. The minimum Gasteiger partial charge on any atom is -0.314 e. The Balaban J connectivity index is 2.72. The number of aromatic nitrogens is 2. The molecule has 2 unspecified atom stereocenters. The fourth-order valence-corrected chi connectivity index (χ4v) is 2.14. The molecule has 0 spiro atoms. The van der Waals surface area contributed by atoms with Gasteiger partial charge in [0.05, 0.1) is 16.4 Å². The Kier molecular flexibility index (Phi) is 4.81. The molecule has 1 aromatic heterocycles. The summed E-state index contributed by atoms with van der Waals surface area (Å²) in [6, 6.07) is 0.497. The summed E-state index contributed by atoms with van der Waals surface area (Å²) in [7, 11) is 1.96. The maximum absolute atomic E-state index is 6.24. The largest absolute Gasteiger partial charge is 0.314 e. The van der Waals surface area contributed by atoms with Gasteiger partial charge < -0.3 is 5.32 Å². The maximum Gasteiger partial charge on any atom is 0.0847 e. The Morgan fingerprint density at radius 1 is 1.44 bits per heavy atom. The zero-order valence-electron chi connectivity index (χ0n) is 10.8. The molecule has 1 aromatic rings. The second kappa shape index (κ2) is 5.69. The summed E-state index contributed by atoms with van der Waals surface area (Å²) in [5, 5.41) is 8.59. The van der Waals surface area contributed by atoms with E-state index in [1.54, 1.807) is 0 Å². The van der Waals surface area contributed by atoms with Crippen molar-refractivity contribution in [1.29, 1.82) is 0 Å². The summed E-state index contributed by atoms with van der Waals surface area (Å²) in [4.78, 5) is 0. The third-order valence-corrected chi connectivity index (χ3v) is 3.65. The SMILES string of the molecule is CCNC(C)C(C)Cc1c(Cl)c(C)nn1C. The van der Waals surface area contributed by atoms with Crippen LogP contribution in [0.25, 0.3) is 0 Å². The molecular formula is C12H22ClN3. The van der Waals surface area contributed by atoms with Crippen LogP contribution in [0, 0.1) is 12.8 Å². The molecule has 0 amide bonds. The van der Waals surface area contributed by atoms with Crippen LogP contribution in [-0.4, -0.2) is 22.4 Å². The highest BCUT2D eigenvalue weighted by molar-refractivity contribution is 6.31. The van der Waals surface area contributed by atoms with E-state index < -0.39 is 0 Å². The van der Waals surface area contributed by atoms with Gasteiger partial charge in [0.15, 0.2) is 0 Å². The first-order valence-corrected chi connectivity index (χ1v) is 6.26. The van der Waals surface area contributed by atoms with Crippen LogP contribution in [-0.2, 0) is 13.5 Å². The van der Waals surface area contributed by atoms with Crippen molar-refractivity contribution >= 4 is 11.6 Å². The molecular weight excluding hydrogens is 222 g/mol. The molecule has 0 fully saturated rings. The molecule has 0 bridgehead atoms. The molecule has 0 saturated heterocycles. The van der Waals surface area contributed by atoms with Gasteiger partial charge in [-0.2, -0.15) is 5.10 Å². The van der Waals surface area contributed by atoms with Crippen molar-refractivity contribution in [3.05, 3.63) is 16.4 Å². The summed E-state index contributed by atoms with van der Waals surface area (Å²) < 4.78 is 1.90. The van der Waals surface area contributed by atoms with E-state index >= 15 is 0 Å². The lowest BCUT2D eigenvalue weighted by Gasteiger charge is -2.20. The number of hydrogen-bond acceptors (Lipinski definition) is 2. The predicted molar refractivity (Wildman–Crippen MR) is 69.0 cm³/mol. The molecule has 16 heavy (non-hydrogen) atoms. The quantitative estimate of drug-likeness (QED) is 0.862. The second-order valence-corrected chi connectivity index (χ2v) is 4.88. The molecule has 4 heteroatoms. The summed E-state index contributed by atoms with van der Waals surface area (Å²) >= 11 is 6.24. The predicted octanol–water partition coefficient (Wildman–Crippen LogP) is 2.56. The van der Waals surface area contributed by atoms with Crippen LogP contribution in [0.2, 0.25) is 5.02 Å². The Morgan fingerprint density at radius 2 is 2.06 bits per heavy atom. The topological polar surface area (TPSA) is 29.9 Å². The van der Waals surface area contributed by atoms with Crippen molar-refractivity contribution in [3.63, 3.8) is 0 Å². The summed E-state index contributed by atoms with van der Waals surface area (Å²) in [5.41, 5.74) is 2.05. The molecule has 0 radical (unpaired) electrons. The van der Waals surface area contributed by atoms with Crippen molar-refractivity contribution in [2.75, 3.05) is 6.54 Å². The minimum absolute atomic E-state index is 0.497. The van der Waals surface area contributed by atoms with Crippen molar-refractivity contribution in [3.8, 4) is 0 Å². The van der Waals surface area contributed by atoms with E-state index in [1.807, 2.05) is 18.7 Å². The lowest BCUT2D eigenvalue weighted by Crippen LogP contribution is -2.33. The third-order valence-electron chi connectivity index (χ3n) is 3.16. The van der Waals surface area contributed by atoms with E-state index in [9.17, 15) is 0 Å². The van der Waals surface area contributed by atoms with E-state index in [2.05, 4.69) is 31.2 Å². The number of rotatable bonds is 5. The number of hydrogen-bond donors (Lipinski definition) is 1. The highest BCUT2D eigenvalue weighted by Gasteiger charge is 2.17. The molecule has 0 aliphatic carbocycles. The fraction of sp³-hybridized carbons (Fsp3) is 0.750. The average molecular weight is 244 g/mol. The van der Waals surface area contributed by atoms with Crippen LogP contribution in [0.4, 0.5) is 0 Å². The second-order valence-electron chi connectivity index (χ2n) is 4.50. The van der Waals surface area contributed by atoms with Gasteiger partial charge in [-0.3, -0.25) is 4.68 Å². The maximum atomic E-state index is 6.24. The highest BCUT2D eigenvalue weighted by Crippen LogP contribution is 2.23.